The first-order valence-electron chi connectivity index (χ1n) is 8.66. The number of benzene rings is 2. The van der Waals surface area contributed by atoms with Crippen LogP contribution in [-0.4, -0.2) is 11.8 Å². The Kier molecular flexibility index (Phi) is 5.03. The van der Waals surface area contributed by atoms with E-state index in [4.69, 9.17) is 0 Å². The van der Waals surface area contributed by atoms with Crippen molar-refractivity contribution >= 4 is 10.8 Å². The summed E-state index contributed by atoms with van der Waals surface area (Å²) in [6, 6.07) is 6.94. The second-order valence-electron chi connectivity index (χ2n) is 6.84. The molecule has 25 heavy (non-hydrogen) atoms. The molecule has 0 amide bonds. The molecule has 0 aliphatic heterocycles. The highest BCUT2D eigenvalue weighted by Crippen LogP contribution is 2.38. The Morgan fingerprint density at radius 2 is 1.84 bits per heavy atom. The molecule has 1 saturated carbocycles. The zero-order chi connectivity index (χ0) is 18.0. The monoisotopic (exact) mass is 348 g/mol. The van der Waals surface area contributed by atoms with Crippen molar-refractivity contribution in [3.63, 3.8) is 0 Å². The van der Waals surface area contributed by atoms with Gasteiger partial charge in [0.25, 0.3) is 0 Å². The summed E-state index contributed by atoms with van der Waals surface area (Å²) in [4.78, 5) is 0. The van der Waals surface area contributed by atoms with Crippen LogP contribution in [0.3, 0.4) is 0 Å². The van der Waals surface area contributed by atoms with Crippen molar-refractivity contribution in [1.82, 2.24) is 0 Å². The molecule has 132 valence electrons. The van der Waals surface area contributed by atoms with Crippen molar-refractivity contribution in [3.8, 4) is 11.8 Å². The van der Waals surface area contributed by atoms with Crippen molar-refractivity contribution < 1.29 is 17.6 Å². The molecule has 3 unspecified atom stereocenters. The molecule has 0 spiro atoms. The van der Waals surface area contributed by atoms with Gasteiger partial charge in [0, 0.05) is 5.56 Å². The molecule has 1 fully saturated rings. The van der Waals surface area contributed by atoms with E-state index in [1.54, 1.807) is 18.2 Å². The molecule has 0 radical (unpaired) electrons. The van der Waals surface area contributed by atoms with E-state index in [1.165, 1.54) is 0 Å². The highest BCUT2D eigenvalue weighted by Gasteiger charge is 2.43. The van der Waals surface area contributed by atoms with Gasteiger partial charge in [0.05, 0.1) is 0 Å². The maximum atomic E-state index is 14.8. The summed E-state index contributed by atoms with van der Waals surface area (Å²) in [5.41, 5.74) is -1.67. The second-order valence-corrected chi connectivity index (χ2v) is 6.84. The maximum Gasteiger partial charge on any atom is 0.202 e. The van der Waals surface area contributed by atoms with Crippen molar-refractivity contribution in [2.75, 3.05) is 0 Å². The molecule has 0 bridgehead atoms. The molecule has 0 saturated heterocycles. The van der Waals surface area contributed by atoms with Crippen LogP contribution in [0.25, 0.3) is 10.8 Å². The summed E-state index contributed by atoms with van der Waals surface area (Å²) < 4.78 is 55.7. The zero-order valence-electron chi connectivity index (χ0n) is 14.1. The van der Waals surface area contributed by atoms with Crippen LogP contribution >= 0.6 is 0 Å². The van der Waals surface area contributed by atoms with Crippen LogP contribution in [0.15, 0.2) is 30.3 Å². The number of fused-ring (bicyclic) bond motifs is 1. The van der Waals surface area contributed by atoms with Gasteiger partial charge in [-0.2, -0.15) is 0 Å². The second kappa shape index (κ2) is 7.07. The molecule has 4 heteroatoms. The number of hydrogen-bond acceptors (Lipinski definition) is 0. The van der Waals surface area contributed by atoms with Crippen LogP contribution in [0, 0.1) is 29.4 Å². The molecule has 2 aromatic carbocycles. The van der Waals surface area contributed by atoms with Crippen LogP contribution in [-0.2, 0) is 0 Å². The van der Waals surface area contributed by atoms with Gasteiger partial charge in [0.1, 0.15) is 6.17 Å². The minimum Gasteiger partial charge on any atom is -0.243 e. The average molecular weight is 348 g/mol. The smallest absolute Gasteiger partial charge is 0.202 e. The molecular weight excluding hydrogens is 328 g/mol. The molecule has 1 aliphatic rings. The van der Waals surface area contributed by atoms with Crippen molar-refractivity contribution in [3.05, 3.63) is 47.5 Å². The predicted molar refractivity (Wildman–Crippen MR) is 91.7 cm³/mol. The average Bonchev–Trinajstić information content (AvgIpc) is 2.58. The van der Waals surface area contributed by atoms with Crippen molar-refractivity contribution in [2.24, 2.45) is 5.92 Å². The molecule has 2 aromatic rings. The first-order valence-corrected chi connectivity index (χ1v) is 8.66. The molecule has 3 rings (SSSR count). The number of alkyl halides is 2. The summed E-state index contributed by atoms with van der Waals surface area (Å²) in [6.07, 6.45) is 1.24. The number of rotatable bonds is 2. The van der Waals surface area contributed by atoms with Crippen molar-refractivity contribution in [1.29, 1.82) is 0 Å². The molecule has 1 aliphatic carbocycles. The Hall–Kier alpha value is -2.02. The van der Waals surface area contributed by atoms with Gasteiger partial charge in [-0.05, 0) is 60.2 Å². The number of hydrogen-bond donors (Lipinski definition) is 0. The van der Waals surface area contributed by atoms with E-state index < -0.39 is 23.5 Å². The fourth-order valence-corrected chi connectivity index (χ4v) is 3.48. The van der Waals surface area contributed by atoms with E-state index >= 15 is 0 Å². The zero-order valence-corrected chi connectivity index (χ0v) is 14.1. The van der Waals surface area contributed by atoms with Gasteiger partial charge in [0.2, 0.25) is 5.67 Å². The van der Waals surface area contributed by atoms with Crippen LogP contribution in [0.5, 0.6) is 0 Å². The Balaban J connectivity index is 1.83. The molecule has 0 aromatic heterocycles. The Bertz CT molecular complexity index is 833. The summed E-state index contributed by atoms with van der Waals surface area (Å²) in [5.74, 6) is 3.50. The molecule has 0 heterocycles. The fraction of sp³-hybridized carbons (Fsp3) is 0.429. The van der Waals surface area contributed by atoms with E-state index in [9.17, 15) is 17.6 Å². The third-order valence-corrected chi connectivity index (χ3v) is 4.94. The quantitative estimate of drug-likeness (QED) is 0.453. The predicted octanol–water partition coefficient (Wildman–Crippen LogP) is 6.12. The van der Waals surface area contributed by atoms with E-state index in [2.05, 4.69) is 11.8 Å². The third kappa shape index (κ3) is 3.81. The lowest BCUT2D eigenvalue weighted by Crippen LogP contribution is -2.39. The normalized spacial score (nSPS) is 26.3. The van der Waals surface area contributed by atoms with Gasteiger partial charge >= 0.3 is 0 Å². The maximum absolute atomic E-state index is 14.8. The van der Waals surface area contributed by atoms with E-state index in [0.717, 1.165) is 25.0 Å². The first kappa shape index (κ1) is 17.8. The number of halogens is 4. The lowest BCUT2D eigenvalue weighted by molar-refractivity contribution is 0.0362. The standard InChI is InChI=1S/C21H20F4/c1-2-3-14-6-8-21(25,20(24)11-14)9-7-15-4-5-16-12-18(22)19(23)13-17(16)10-15/h4-5,10,12-14,20H,2-3,6,8,11H2,1H3. The van der Waals surface area contributed by atoms with Crippen LogP contribution in [0.2, 0.25) is 0 Å². The molecular formula is C21H20F4. The SMILES string of the molecule is CCCC1CCC(F)(C#Cc2ccc3cc(F)c(F)cc3c2)C(F)C1. The molecule has 0 nitrogen and oxygen atoms in total. The van der Waals surface area contributed by atoms with E-state index in [1.807, 2.05) is 6.92 Å². The lowest BCUT2D eigenvalue weighted by atomic mass is 9.77. The Morgan fingerprint density at radius 3 is 2.52 bits per heavy atom. The highest BCUT2D eigenvalue weighted by atomic mass is 19.2. The van der Waals surface area contributed by atoms with Gasteiger partial charge in [-0.1, -0.05) is 37.7 Å². The van der Waals surface area contributed by atoms with Crippen LogP contribution in [0.1, 0.15) is 44.6 Å². The van der Waals surface area contributed by atoms with Crippen molar-refractivity contribution in [2.45, 2.75) is 50.9 Å². The minimum atomic E-state index is -2.13. The lowest BCUT2D eigenvalue weighted by Gasteiger charge is -2.33. The minimum absolute atomic E-state index is 0.0965. The van der Waals surface area contributed by atoms with Gasteiger partial charge in [-0.25, -0.2) is 17.6 Å². The van der Waals surface area contributed by atoms with Gasteiger partial charge < -0.3 is 0 Å². The fourth-order valence-electron chi connectivity index (χ4n) is 3.48. The Morgan fingerprint density at radius 1 is 1.12 bits per heavy atom. The van der Waals surface area contributed by atoms with Gasteiger partial charge in [-0.15, -0.1) is 0 Å². The van der Waals surface area contributed by atoms with E-state index in [-0.39, 0.29) is 18.8 Å². The van der Waals surface area contributed by atoms with Crippen LogP contribution < -0.4 is 0 Å². The summed E-state index contributed by atoms with van der Waals surface area (Å²) in [5, 5.41) is 1.00. The highest BCUT2D eigenvalue weighted by molar-refractivity contribution is 5.84. The largest absolute Gasteiger partial charge is 0.243 e. The Labute approximate surface area is 145 Å². The molecule has 3 atom stereocenters. The van der Waals surface area contributed by atoms with E-state index in [0.29, 0.717) is 22.8 Å². The third-order valence-electron chi connectivity index (χ3n) is 4.94. The molecule has 0 N–H and O–H groups in total. The summed E-state index contributed by atoms with van der Waals surface area (Å²) in [6.45, 7) is 2.04. The first-order chi connectivity index (χ1) is 11.9. The topological polar surface area (TPSA) is 0 Å². The van der Waals surface area contributed by atoms with Gasteiger partial charge in [-0.3, -0.25) is 0 Å². The van der Waals surface area contributed by atoms with Gasteiger partial charge in [0.15, 0.2) is 11.6 Å². The van der Waals surface area contributed by atoms with Crippen LogP contribution in [0.4, 0.5) is 17.6 Å². The summed E-state index contributed by atoms with van der Waals surface area (Å²) in [7, 11) is 0. The summed E-state index contributed by atoms with van der Waals surface area (Å²) >= 11 is 0.